The third-order valence-corrected chi connectivity index (χ3v) is 5.53. The lowest BCUT2D eigenvalue weighted by molar-refractivity contribution is -0.221. The quantitative estimate of drug-likeness (QED) is 0.588. The molecular weight excluding hydrogens is 422 g/mol. The van der Waals surface area contributed by atoms with Gasteiger partial charge in [0.1, 0.15) is 17.2 Å². The van der Waals surface area contributed by atoms with Gasteiger partial charge in [0.2, 0.25) is 5.76 Å². The van der Waals surface area contributed by atoms with Crippen LogP contribution < -0.4 is 9.47 Å². The lowest BCUT2D eigenvalue weighted by Crippen LogP contribution is -2.38. The average Bonchev–Trinajstić information content (AvgIpc) is 3.29. The maximum Gasteiger partial charge on any atom is 0.292 e. The van der Waals surface area contributed by atoms with Crippen LogP contribution in [0.2, 0.25) is 0 Å². The second-order valence-corrected chi connectivity index (χ2v) is 7.02. The van der Waals surface area contributed by atoms with Gasteiger partial charge in [-0.25, -0.2) is 0 Å². The molecule has 1 aromatic carbocycles. The topological polar surface area (TPSA) is 108 Å². The van der Waals surface area contributed by atoms with Crippen molar-refractivity contribution in [3.05, 3.63) is 40.9 Å². The molecule has 2 aromatic rings. The first-order chi connectivity index (χ1) is 15.6. The van der Waals surface area contributed by atoms with Crippen molar-refractivity contribution in [2.24, 2.45) is 0 Å². The molecule has 0 amide bonds. The van der Waals surface area contributed by atoms with Crippen LogP contribution in [0.3, 0.4) is 0 Å². The molecule has 4 rings (SSSR count). The Morgan fingerprint density at radius 3 is 2.19 bits per heavy atom. The van der Waals surface area contributed by atoms with Gasteiger partial charge >= 0.3 is 0 Å². The Morgan fingerprint density at radius 1 is 0.938 bits per heavy atom. The molecule has 1 fully saturated rings. The summed E-state index contributed by atoms with van der Waals surface area (Å²) >= 11 is 0. The normalized spacial score (nSPS) is 18.2. The number of benzene rings is 1. The minimum Gasteiger partial charge on any atom is -0.496 e. The Balaban J connectivity index is 2.00. The van der Waals surface area contributed by atoms with E-state index in [0.717, 1.165) is 6.42 Å². The predicted molar refractivity (Wildman–Crippen MR) is 109 cm³/mol. The van der Waals surface area contributed by atoms with Crippen LogP contribution in [0.1, 0.15) is 34.4 Å². The number of carbonyl (C=O) groups excluding carboxylic acids is 1. The molecule has 0 atom stereocenters. The van der Waals surface area contributed by atoms with E-state index in [2.05, 4.69) is 5.16 Å². The van der Waals surface area contributed by atoms with Crippen molar-refractivity contribution < 1.29 is 42.5 Å². The summed E-state index contributed by atoms with van der Waals surface area (Å²) in [5.41, 5.74) is 1.36. The molecule has 172 valence electrons. The van der Waals surface area contributed by atoms with Gasteiger partial charge in [-0.3, -0.25) is 4.79 Å². The van der Waals surface area contributed by atoms with Gasteiger partial charge in [0.25, 0.3) is 5.79 Å². The molecule has 0 unspecified atom stereocenters. The molecule has 0 spiro atoms. The number of methoxy groups -OCH3 is 5. The molecule has 2 aliphatic rings. The highest BCUT2D eigenvalue weighted by atomic mass is 16.7. The summed E-state index contributed by atoms with van der Waals surface area (Å²) in [6.07, 6.45) is 1.32. The van der Waals surface area contributed by atoms with Crippen LogP contribution in [0.15, 0.2) is 28.5 Å². The Morgan fingerprint density at radius 2 is 1.59 bits per heavy atom. The van der Waals surface area contributed by atoms with Crippen molar-refractivity contribution in [3.8, 4) is 22.8 Å². The number of aromatic nitrogens is 1. The van der Waals surface area contributed by atoms with E-state index >= 15 is 0 Å². The third-order valence-electron chi connectivity index (χ3n) is 5.53. The Hall–Kier alpha value is -2.92. The summed E-state index contributed by atoms with van der Waals surface area (Å²) < 4.78 is 45.1. The van der Waals surface area contributed by atoms with E-state index in [-0.39, 0.29) is 28.6 Å². The fourth-order valence-corrected chi connectivity index (χ4v) is 4.04. The second kappa shape index (κ2) is 8.91. The van der Waals surface area contributed by atoms with Crippen molar-refractivity contribution in [1.29, 1.82) is 0 Å². The van der Waals surface area contributed by atoms with Crippen LogP contribution >= 0.6 is 0 Å². The van der Waals surface area contributed by atoms with Crippen LogP contribution in [0.25, 0.3) is 11.3 Å². The highest BCUT2D eigenvalue weighted by Gasteiger charge is 2.51. The lowest BCUT2D eigenvalue weighted by Gasteiger charge is -2.32. The first-order valence-corrected chi connectivity index (χ1v) is 9.95. The van der Waals surface area contributed by atoms with E-state index in [0.29, 0.717) is 35.8 Å². The number of ether oxygens (including phenoxy) is 7. The first-order valence-electron chi connectivity index (χ1n) is 9.95. The standard InChI is InChI=1S/C22H25NO9/c1-25-13-7-8-14(26-2)18(21-30-9-6-10-31-21)17(13)19-16-12(24)11-15(27-3)22(28-4,29-5)20(16)32-23-19/h7-8,11,21H,6,9-10H2,1-5H3. The number of hydrogen-bond acceptors (Lipinski definition) is 10. The molecule has 10 heteroatoms. The number of ketones is 1. The molecule has 32 heavy (non-hydrogen) atoms. The van der Waals surface area contributed by atoms with Crippen molar-refractivity contribution in [1.82, 2.24) is 5.16 Å². The van der Waals surface area contributed by atoms with Crippen LogP contribution in [0, 0.1) is 0 Å². The second-order valence-electron chi connectivity index (χ2n) is 7.02. The van der Waals surface area contributed by atoms with E-state index < -0.39 is 12.1 Å². The fourth-order valence-electron chi connectivity index (χ4n) is 4.04. The fraction of sp³-hybridized carbons (Fsp3) is 0.455. The number of nitrogens with zero attached hydrogens (tertiary/aromatic N) is 1. The molecule has 1 aliphatic heterocycles. The van der Waals surface area contributed by atoms with Crippen molar-refractivity contribution in [2.75, 3.05) is 48.8 Å². The molecular formula is C22H25NO9. The smallest absolute Gasteiger partial charge is 0.292 e. The van der Waals surface area contributed by atoms with E-state index in [1.165, 1.54) is 41.6 Å². The van der Waals surface area contributed by atoms with E-state index in [9.17, 15) is 4.79 Å². The Labute approximate surface area is 184 Å². The summed E-state index contributed by atoms with van der Waals surface area (Å²) in [5.74, 6) is -0.843. The van der Waals surface area contributed by atoms with Gasteiger partial charge in [-0.15, -0.1) is 0 Å². The molecule has 0 saturated carbocycles. The minimum atomic E-state index is -1.58. The average molecular weight is 447 g/mol. The Bertz CT molecular complexity index is 1030. The maximum atomic E-state index is 13.2. The largest absolute Gasteiger partial charge is 0.496 e. The van der Waals surface area contributed by atoms with E-state index in [1.54, 1.807) is 12.1 Å². The zero-order valence-corrected chi connectivity index (χ0v) is 18.6. The van der Waals surface area contributed by atoms with Crippen LogP contribution in [-0.4, -0.2) is 59.7 Å². The first kappa shape index (κ1) is 22.3. The van der Waals surface area contributed by atoms with Gasteiger partial charge < -0.3 is 37.7 Å². The van der Waals surface area contributed by atoms with Gasteiger partial charge in [-0.1, -0.05) is 5.16 Å². The summed E-state index contributed by atoms with van der Waals surface area (Å²) in [4.78, 5) is 13.2. The molecule has 0 bridgehead atoms. The van der Waals surface area contributed by atoms with Crippen LogP contribution in [0.4, 0.5) is 0 Å². The van der Waals surface area contributed by atoms with E-state index in [4.69, 9.17) is 37.7 Å². The highest BCUT2D eigenvalue weighted by Crippen LogP contribution is 2.49. The molecule has 1 aromatic heterocycles. The van der Waals surface area contributed by atoms with Gasteiger partial charge in [0.15, 0.2) is 17.8 Å². The lowest BCUT2D eigenvalue weighted by atomic mass is 9.90. The number of hydrogen-bond donors (Lipinski definition) is 0. The maximum absolute atomic E-state index is 13.2. The van der Waals surface area contributed by atoms with E-state index in [1.807, 2.05) is 0 Å². The van der Waals surface area contributed by atoms with Crippen molar-refractivity contribution >= 4 is 5.78 Å². The van der Waals surface area contributed by atoms with Gasteiger partial charge in [-0.2, -0.15) is 0 Å². The molecule has 2 heterocycles. The number of fused-ring (bicyclic) bond motifs is 1. The Kier molecular flexibility index (Phi) is 6.20. The summed E-state index contributed by atoms with van der Waals surface area (Å²) in [6.45, 7) is 1.02. The SMILES string of the molecule is COC1=CC(=O)c2c(-c3c(OC)ccc(OC)c3C3OCCCO3)noc2C1(OC)OC. The zero-order valence-electron chi connectivity index (χ0n) is 18.6. The van der Waals surface area contributed by atoms with Crippen LogP contribution in [-0.2, 0) is 29.5 Å². The molecule has 1 saturated heterocycles. The van der Waals surface area contributed by atoms with Crippen molar-refractivity contribution in [2.45, 2.75) is 18.5 Å². The zero-order chi connectivity index (χ0) is 22.9. The highest BCUT2D eigenvalue weighted by molar-refractivity contribution is 6.11. The summed E-state index contributed by atoms with van der Waals surface area (Å²) in [6, 6.07) is 3.45. The van der Waals surface area contributed by atoms with Gasteiger partial charge in [0, 0.05) is 20.3 Å². The molecule has 1 aliphatic carbocycles. The molecule has 0 N–H and O–H groups in total. The number of allylic oxidation sites excluding steroid dienone is 1. The summed E-state index contributed by atoms with van der Waals surface area (Å²) in [5, 5.41) is 4.23. The number of rotatable bonds is 7. The van der Waals surface area contributed by atoms with Gasteiger partial charge in [-0.05, 0) is 18.6 Å². The number of carbonyl (C=O) groups is 1. The molecule has 0 radical (unpaired) electrons. The molecule has 10 nitrogen and oxygen atoms in total. The third kappa shape index (κ3) is 3.27. The van der Waals surface area contributed by atoms with Crippen molar-refractivity contribution in [3.63, 3.8) is 0 Å². The monoisotopic (exact) mass is 447 g/mol. The summed E-state index contributed by atoms with van der Waals surface area (Å²) in [7, 11) is 7.30. The predicted octanol–water partition coefficient (Wildman–Crippen LogP) is 2.97. The minimum absolute atomic E-state index is 0.0585. The van der Waals surface area contributed by atoms with Crippen LogP contribution in [0.5, 0.6) is 11.5 Å². The van der Waals surface area contributed by atoms with Gasteiger partial charge in [0.05, 0.1) is 51.2 Å².